The lowest BCUT2D eigenvalue weighted by atomic mass is 10.1. The van der Waals surface area contributed by atoms with Crippen LogP contribution in [0.2, 0.25) is 0 Å². The maximum Gasteiger partial charge on any atom is 0.258 e. The Labute approximate surface area is 149 Å². The van der Waals surface area contributed by atoms with Crippen molar-refractivity contribution in [3.63, 3.8) is 0 Å². The lowest BCUT2D eigenvalue weighted by molar-refractivity contribution is 0.102. The van der Waals surface area contributed by atoms with Crippen LogP contribution in [0.4, 0.5) is 11.5 Å². The molecule has 1 aromatic carbocycles. The number of halogens is 1. The molecule has 0 bridgehead atoms. The molecule has 2 aromatic rings. The Morgan fingerprint density at radius 2 is 1.96 bits per heavy atom. The van der Waals surface area contributed by atoms with Crippen LogP contribution in [0.3, 0.4) is 0 Å². The lowest BCUT2D eigenvalue weighted by Crippen LogP contribution is -2.37. The summed E-state index contributed by atoms with van der Waals surface area (Å²) < 4.78 is 6.47. The number of carbonyl (C=O) groups is 1. The van der Waals surface area contributed by atoms with Gasteiger partial charge in [-0.2, -0.15) is 0 Å². The van der Waals surface area contributed by atoms with Gasteiger partial charge in [-0.3, -0.25) is 4.79 Å². The van der Waals surface area contributed by atoms with Gasteiger partial charge in [0, 0.05) is 22.3 Å². The van der Waals surface area contributed by atoms with E-state index in [0.717, 1.165) is 28.0 Å². The quantitative estimate of drug-likeness (QED) is 0.772. The Morgan fingerprint density at radius 1 is 1.22 bits per heavy atom. The molecule has 1 fully saturated rings. The number of aromatic nitrogens is 1. The van der Waals surface area contributed by atoms with Crippen LogP contribution in [0, 0.1) is 10.5 Å². The highest BCUT2D eigenvalue weighted by atomic mass is 127. The van der Waals surface area contributed by atoms with Crippen LogP contribution >= 0.6 is 22.6 Å². The van der Waals surface area contributed by atoms with E-state index in [4.69, 9.17) is 4.74 Å². The fourth-order valence-corrected chi connectivity index (χ4v) is 2.84. The first-order valence-corrected chi connectivity index (χ1v) is 8.59. The van der Waals surface area contributed by atoms with E-state index in [-0.39, 0.29) is 5.91 Å². The number of aryl methyl sites for hydroxylation is 1. The van der Waals surface area contributed by atoms with Gasteiger partial charge in [0.2, 0.25) is 0 Å². The summed E-state index contributed by atoms with van der Waals surface area (Å²) in [6.45, 7) is 4.90. The van der Waals surface area contributed by atoms with Gasteiger partial charge < -0.3 is 15.0 Å². The molecule has 1 amide bonds. The van der Waals surface area contributed by atoms with Gasteiger partial charge >= 0.3 is 0 Å². The third kappa shape index (κ3) is 3.81. The molecule has 0 spiro atoms. The molecule has 120 valence electrons. The number of ether oxygens (including phenoxy) is 1. The van der Waals surface area contributed by atoms with Crippen LogP contribution < -0.4 is 10.2 Å². The number of nitrogens with zero attached hydrogens (tertiary/aromatic N) is 2. The van der Waals surface area contributed by atoms with E-state index in [1.807, 2.05) is 43.3 Å². The van der Waals surface area contributed by atoms with Crippen molar-refractivity contribution in [2.24, 2.45) is 0 Å². The summed E-state index contributed by atoms with van der Waals surface area (Å²) >= 11 is 2.23. The molecule has 1 N–H and O–H groups in total. The predicted molar refractivity (Wildman–Crippen MR) is 99.1 cm³/mol. The Hall–Kier alpha value is -1.67. The van der Waals surface area contributed by atoms with Gasteiger partial charge in [0.25, 0.3) is 5.91 Å². The van der Waals surface area contributed by atoms with Gasteiger partial charge in [-0.05, 0) is 53.8 Å². The molecule has 0 atom stereocenters. The molecule has 3 rings (SSSR count). The smallest absolute Gasteiger partial charge is 0.258 e. The van der Waals surface area contributed by atoms with E-state index >= 15 is 0 Å². The van der Waals surface area contributed by atoms with Crippen LogP contribution in [-0.2, 0) is 4.74 Å². The van der Waals surface area contributed by atoms with Crippen molar-refractivity contribution < 1.29 is 9.53 Å². The van der Waals surface area contributed by atoms with Crippen molar-refractivity contribution in [3.05, 3.63) is 51.2 Å². The zero-order valence-corrected chi connectivity index (χ0v) is 15.0. The summed E-state index contributed by atoms with van der Waals surface area (Å²) in [6.07, 6.45) is 0. The molecule has 5 nitrogen and oxygen atoms in total. The number of carbonyl (C=O) groups excluding carboxylic acids is 1. The molecule has 23 heavy (non-hydrogen) atoms. The van der Waals surface area contributed by atoms with Crippen LogP contribution in [-0.4, -0.2) is 37.2 Å². The van der Waals surface area contributed by atoms with E-state index in [1.165, 1.54) is 0 Å². The molecule has 1 aliphatic heterocycles. The number of rotatable bonds is 3. The number of amides is 1. The van der Waals surface area contributed by atoms with Crippen LogP contribution in [0.15, 0.2) is 36.4 Å². The molecule has 0 radical (unpaired) electrons. The van der Waals surface area contributed by atoms with Crippen LogP contribution in [0.5, 0.6) is 0 Å². The summed E-state index contributed by atoms with van der Waals surface area (Å²) in [5, 5.41) is 2.89. The van der Waals surface area contributed by atoms with Gasteiger partial charge in [-0.25, -0.2) is 4.98 Å². The number of anilines is 2. The zero-order chi connectivity index (χ0) is 16.2. The number of morpholine rings is 1. The second-order valence-corrected chi connectivity index (χ2v) is 6.50. The SMILES string of the molecule is Cc1nc(NC(=O)c2ccccc2N2CCOCC2)ccc1I. The van der Waals surface area contributed by atoms with Crippen molar-refractivity contribution in [2.75, 3.05) is 36.5 Å². The maximum atomic E-state index is 12.7. The van der Waals surface area contributed by atoms with Crippen molar-refractivity contribution >= 4 is 40.0 Å². The molecular weight excluding hydrogens is 405 g/mol. The second-order valence-electron chi connectivity index (χ2n) is 5.33. The highest BCUT2D eigenvalue weighted by Gasteiger charge is 2.18. The van der Waals surface area contributed by atoms with E-state index < -0.39 is 0 Å². The first kappa shape index (κ1) is 16.2. The van der Waals surface area contributed by atoms with Crippen molar-refractivity contribution in [1.29, 1.82) is 0 Å². The highest BCUT2D eigenvalue weighted by Crippen LogP contribution is 2.22. The summed E-state index contributed by atoms with van der Waals surface area (Å²) in [5.74, 6) is 0.435. The summed E-state index contributed by atoms with van der Waals surface area (Å²) in [6, 6.07) is 11.4. The minimum absolute atomic E-state index is 0.139. The first-order chi connectivity index (χ1) is 11.1. The Balaban J connectivity index is 1.83. The average molecular weight is 423 g/mol. The largest absolute Gasteiger partial charge is 0.378 e. The van der Waals surface area contributed by atoms with E-state index in [1.54, 1.807) is 0 Å². The number of benzene rings is 1. The van der Waals surface area contributed by atoms with E-state index in [0.29, 0.717) is 24.6 Å². The predicted octanol–water partition coefficient (Wildman–Crippen LogP) is 3.08. The topological polar surface area (TPSA) is 54.5 Å². The first-order valence-electron chi connectivity index (χ1n) is 7.51. The van der Waals surface area contributed by atoms with Crippen molar-refractivity contribution in [3.8, 4) is 0 Å². The third-order valence-electron chi connectivity index (χ3n) is 3.76. The fraction of sp³-hybridized carbons (Fsp3) is 0.294. The maximum absolute atomic E-state index is 12.7. The molecular formula is C17H18IN3O2. The Morgan fingerprint density at radius 3 is 2.70 bits per heavy atom. The summed E-state index contributed by atoms with van der Waals surface area (Å²) in [7, 11) is 0. The summed E-state index contributed by atoms with van der Waals surface area (Å²) in [5.41, 5.74) is 2.51. The van der Waals surface area contributed by atoms with Crippen molar-refractivity contribution in [2.45, 2.75) is 6.92 Å². The monoisotopic (exact) mass is 423 g/mol. The van der Waals surface area contributed by atoms with Crippen LogP contribution in [0.25, 0.3) is 0 Å². The molecule has 1 aromatic heterocycles. The standard InChI is InChI=1S/C17H18IN3O2/c1-12-14(18)6-7-16(19-12)20-17(22)13-4-2-3-5-15(13)21-8-10-23-11-9-21/h2-7H,8-11H2,1H3,(H,19,20,22). The minimum atomic E-state index is -0.139. The van der Waals surface area contributed by atoms with E-state index in [2.05, 4.69) is 37.8 Å². The molecule has 0 unspecified atom stereocenters. The Kier molecular flexibility index (Phi) is 5.12. The zero-order valence-electron chi connectivity index (χ0n) is 12.9. The second kappa shape index (κ2) is 7.27. The lowest BCUT2D eigenvalue weighted by Gasteiger charge is -2.30. The molecule has 1 aliphatic rings. The minimum Gasteiger partial charge on any atom is -0.378 e. The van der Waals surface area contributed by atoms with Crippen molar-refractivity contribution in [1.82, 2.24) is 4.98 Å². The number of hydrogen-bond acceptors (Lipinski definition) is 4. The number of pyridine rings is 1. The average Bonchev–Trinajstić information content (AvgIpc) is 2.59. The Bertz CT molecular complexity index is 715. The van der Waals surface area contributed by atoms with E-state index in [9.17, 15) is 4.79 Å². The molecule has 1 saturated heterocycles. The normalized spacial score (nSPS) is 14.6. The summed E-state index contributed by atoms with van der Waals surface area (Å²) in [4.78, 5) is 19.3. The van der Waals surface area contributed by atoms with Gasteiger partial charge in [-0.1, -0.05) is 12.1 Å². The number of para-hydroxylation sites is 1. The third-order valence-corrected chi connectivity index (χ3v) is 4.90. The van der Waals surface area contributed by atoms with Gasteiger partial charge in [0.1, 0.15) is 5.82 Å². The molecule has 6 heteroatoms. The highest BCUT2D eigenvalue weighted by molar-refractivity contribution is 14.1. The molecule has 0 aliphatic carbocycles. The molecule has 0 saturated carbocycles. The fourth-order valence-electron chi connectivity index (χ4n) is 2.54. The number of hydrogen-bond donors (Lipinski definition) is 1. The van der Waals surface area contributed by atoms with Gasteiger partial charge in [0.15, 0.2) is 0 Å². The van der Waals surface area contributed by atoms with Crippen LogP contribution in [0.1, 0.15) is 16.1 Å². The van der Waals surface area contributed by atoms with Gasteiger partial charge in [-0.15, -0.1) is 0 Å². The number of nitrogens with one attached hydrogen (secondary N) is 1. The molecule has 2 heterocycles. The van der Waals surface area contributed by atoms with Gasteiger partial charge in [0.05, 0.1) is 24.5 Å².